The molecule has 5 rings (SSSR count). The average molecular weight is 1640 g/mol. The first-order chi connectivity index (χ1) is 54.9. The Morgan fingerprint density at radius 2 is 1.16 bits per heavy atom. The van der Waals surface area contributed by atoms with E-state index >= 15 is 19.2 Å². The molecule has 40 nitrogen and oxygen atoms in total. The maximum absolute atomic E-state index is 15.6. The molecule has 1 saturated heterocycles. The van der Waals surface area contributed by atoms with E-state index in [4.69, 9.17) is 39.1 Å². The van der Waals surface area contributed by atoms with Crippen molar-refractivity contribution in [2.45, 2.75) is 183 Å². The van der Waals surface area contributed by atoms with Crippen molar-refractivity contribution in [3.05, 3.63) is 113 Å². The summed E-state index contributed by atoms with van der Waals surface area (Å²) in [5.41, 5.74) is 31.8. The lowest BCUT2D eigenvalue weighted by atomic mass is 9.91. The molecule has 1 aliphatic heterocycles. The molecule has 41 heteroatoms. The van der Waals surface area contributed by atoms with Gasteiger partial charge in [0, 0.05) is 57.7 Å². The number of benzene rings is 4. The van der Waals surface area contributed by atoms with Crippen molar-refractivity contribution in [3.8, 4) is 5.75 Å². The molecule has 0 bridgehead atoms. The number of hydrogen-bond donors (Lipinski definition) is 21. The van der Waals surface area contributed by atoms with Crippen LogP contribution in [0.15, 0.2) is 91.0 Å². The van der Waals surface area contributed by atoms with E-state index < -0.39 is 249 Å². The minimum atomic E-state index is -2.11. The number of ether oxygens (including phenoxy) is 1. The number of carboxylic acid groups (broad SMARTS) is 2. The van der Waals surface area contributed by atoms with E-state index in [1.54, 1.807) is 36.4 Å². The molecule has 630 valence electrons. The van der Waals surface area contributed by atoms with Gasteiger partial charge in [-0.2, -0.15) is 11.8 Å². The van der Waals surface area contributed by atoms with Gasteiger partial charge in [-0.15, -0.1) is 0 Å². The fourth-order valence-electron chi connectivity index (χ4n) is 11.9. The number of rotatable bonds is 40. The highest BCUT2D eigenvalue weighted by molar-refractivity contribution is 7.99. The lowest BCUT2D eigenvalue weighted by Gasteiger charge is -2.34. The third kappa shape index (κ3) is 31.9. The number of thioether (sulfide) groups is 1. The van der Waals surface area contributed by atoms with Crippen molar-refractivity contribution in [2.75, 3.05) is 37.7 Å². The quantitative estimate of drug-likeness (QED) is 0.0184. The molecule has 4 aromatic rings. The molecule has 116 heavy (non-hydrogen) atoms. The van der Waals surface area contributed by atoms with Crippen molar-refractivity contribution in [1.82, 2.24) is 63.8 Å². The molecule has 1 aliphatic rings. The summed E-state index contributed by atoms with van der Waals surface area (Å²) in [5, 5.41) is 61.6. The first-order valence-electron chi connectivity index (χ1n) is 37.0. The summed E-state index contributed by atoms with van der Waals surface area (Å²) in [4.78, 5) is 247. The number of carbonyl (C=O) groups excluding carboxylic acids is 16. The molecular formula is C75H102N18O22S. The van der Waals surface area contributed by atoms with Gasteiger partial charge in [-0.05, 0) is 123 Å². The van der Waals surface area contributed by atoms with Gasteiger partial charge in [0.2, 0.25) is 94.5 Å². The Hall–Kier alpha value is -12.4. The molecular weight excluding hydrogens is 1540 g/mol. The standard InChI is InChI=1S/C75H102N18O22S/c1-39(94)62-72(111)89-53(33-41-10-16-45(17-11-41)73(112)113)68(107)85-48(20-23-57(78)96)64(103)90-56(38-116-31-26-51(83-40(2)95)66(105)84-49(67(106)92-62)21-24-58(79)97)70(109)86-52(34-42-13-18-47(19-14-42)115-30-29-77)69(108)87-54(35-43-12-15-44-8-4-5-9-46(44)32-43)71(110)93-75(3,27-6-7-28-76)74(114)91-50(22-25-61(100)101)65(104)88-55(36-59(80)98)63(102)82-37-60(81)99/h4-5,8-19,32,39,48-56,62,94H,6-7,20-31,33-38,76-77H2,1-3H3,(H2,78,96)(H2,79,97)(H2,80,98)(H2,81,99)(H,82,102)(H,83,95)(H,84,105)(H,85,107)(H,86,109)(H,87,108)(H,88,104)(H,89,111)(H,90,103)(H,91,114)(H,92,106)(H,93,110)(H,100,101)(H,112,113)/t39-,48+,49+,50+,51+,52+,53+,54+,55+,56+,62+,75+/m1/s1. The van der Waals surface area contributed by atoms with Crippen molar-refractivity contribution < 1.29 is 106 Å². The molecule has 0 spiro atoms. The van der Waals surface area contributed by atoms with Gasteiger partial charge in [0.05, 0.1) is 24.6 Å². The molecule has 4 aromatic carbocycles. The number of carboxylic acids is 2. The first kappa shape index (κ1) is 94.2. The Morgan fingerprint density at radius 3 is 1.74 bits per heavy atom. The molecule has 1 fully saturated rings. The number of aliphatic hydroxyl groups excluding tert-OH is 1. The van der Waals surface area contributed by atoms with Crippen molar-refractivity contribution in [3.63, 3.8) is 0 Å². The number of nitrogens with one attached hydrogen (secondary N) is 12. The lowest BCUT2D eigenvalue weighted by molar-refractivity contribution is -0.140. The van der Waals surface area contributed by atoms with Crippen LogP contribution >= 0.6 is 11.8 Å². The van der Waals surface area contributed by atoms with Crippen LogP contribution in [0.2, 0.25) is 0 Å². The van der Waals surface area contributed by atoms with Gasteiger partial charge in [0.15, 0.2) is 0 Å². The molecule has 0 radical (unpaired) electrons. The molecule has 27 N–H and O–H groups in total. The minimum absolute atomic E-state index is 0.0764. The Bertz CT molecular complexity index is 4210. The lowest BCUT2D eigenvalue weighted by Crippen LogP contribution is -2.64. The number of unbranched alkanes of at least 4 members (excludes halogenated alkanes) is 1. The van der Waals surface area contributed by atoms with Crippen LogP contribution in [-0.4, -0.2) is 232 Å². The van der Waals surface area contributed by atoms with Gasteiger partial charge in [-0.1, -0.05) is 66.7 Å². The molecule has 16 amide bonds. The smallest absolute Gasteiger partial charge is 0.335 e. The normalized spacial score (nSPS) is 18.8. The zero-order valence-electron chi connectivity index (χ0n) is 64.1. The van der Waals surface area contributed by atoms with Gasteiger partial charge in [0.25, 0.3) is 0 Å². The van der Waals surface area contributed by atoms with Crippen molar-refractivity contribution >= 4 is 129 Å². The Labute approximate surface area is 670 Å². The van der Waals surface area contributed by atoms with Crippen LogP contribution < -0.4 is 103 Å². The summed E-state index contributed by atoms with van der Waals surface area (Å²) in [6.45, 7) is 2.99. The van der Waals surface area contributed by atoms with Crippen LogP contribution in [0.1, 0.15) is 118 Å². The molecule has 1 heterocycles. The Balaban J connectivity index is 1.67. The van der Waals surface area contributed by atoms with Crippen LogP contribution in [0.3, 0.4) is 0 Å². The molecule has 0 saturated carbocycles. The van der Waals surface area contributed by atoms with E-state index in [1.807, 2.05) is 6.07 Å². The zero-order valence-corrected chi connectivity index (χ0v) is 64.9. The molecule has 0 aliphatic carbocycles. The van der Waals surface area contributed by atoms with Gasteiger partial charge in [-0.3, -0.25) is 81.5 Å². The highest BCUT2D eigenvalue weighted by atomic mass is 32.2. The number of aliphatic carboxylic acids is 1. The summed E-state index contributed by atoms with van der Waals surface area (Å²) in [6.07, 6.45) is -7.78. The molecule has 0 aromatic heterocycles. The summed E-state index contributed by atoms with van der Waals surface area (Å²) in [6, 6.07) is 5.53. The number of aromatic carboxylic acids is 1. The van der Waals surface area contributed by atoms with Crippen LogP contribution in [0.5, 0.6) is 5.75 Å². The van der Waals surface area contributed by atoms with E-state index in [9.17, 15) is 82.4 Å². The Morgan fingerprint density at radius 1 is 0.586 bits per heavy atom. The number of primary amides is 4. The number of nitrogens with two attached hydrogens (primary N) is 6. The van der Waals surface area contributed by atoms with Crippen LogP contribution in [0, 0.1) is 0 Å². The monoisotopic (exact) mass is 1640 g/mol. The van der Waals surface area contributed by atoms with Gasteiger partial charge >= 0.3 is 11.9 Å². The summed E-state index contributed by atoms with van der Waals surface area (Å²) in [7, 11) is 0. The number of hydrogen-bond acceptors (Lipinski definition) is 23. The van der Waals surface area contributed by atoms with E-state index in [-0.39, 0.29) is 68.7 Å². The maximum atomic E-state index is 15.6. The van der Waals surface area contributed by atoms with E-state index in [0.717, 1.165) is 31.0 Å². The summed E-state index contributed by atoms with van der Waals surface area (Å²) < 4.78 is 5.69. The predicted octanol–water partition coefficient (Wildman–Crippen LogP) is -5.83. The zero-order chi connectivity index (χ0) is 85.9. The largest absolute Gasteiger partial charge is 0.492 e. The fourth-order valence-corrected chi connectivity index (χ4v) is 13.0. The van der Waals surface area contributed by atoms with Gasteiger partial charge < -0.3 is 118 Å². The maximum Gasteiger partial charge on any atom is 0.335 e. The number of fused-ring (bicyclic) bond motifs is 1. The SMILES string of the molecule is CC(=O)N[C@H]1CCSC[C@@H](C(=O)N[C@@H](Cc2ccc(OCCN)cc2)C(=O)N[C@@H](Cc2ccc3ccccc3c2)C(=O)N[C@@](C)(CCCCN)C(=O)N[C@@H](CCC(=O)O)C(=O)N[C@@H](CC(N)=O)C(=O)NCC(N)=O)NC(=O)[C@H](CCC(N)=O)NC(=O)[C@H](Cc2ccc(C(=O)O)cc2)NC(=O)[C@H]([C@@H](C)O)NC(=O)[C@H](CCC(N)=O)NC1=O. The topological polar surface area (TPSA) is 678 Å². The minimum Gasteiger partial charge on any atom is -0.492 e. The first-order valence-corrected chi connectivity index (χ1v) is 38.2. The van der Waals surface area contributed by atoms with E-state index in [0.29, 0.717) is 22.3 Å². The van der Waals surface area contributed by atoms with Crippen LogP contribution in [0.4, 0.5) is 0 Å². The second kappa shape index (κ2) is 46.7. The third-order valence-electron chi connectivity index (χ3n) is 18.2. The fraction of sp³-hybridized carbons (Fsp3) is 0.467. The van der Waals surface area contributed by atoms with E-state index in [1.165, 1.54) is 55.5 Å². The second-order valence-corrected chi connectivity index (χ2v) is 28.9. The number of carbonyl (C=O) groups is 18. The molecule has 0 unspecified atom stereocenters. The van der Waals surface area contributed by atoms with E-state index in [2.05, 4.69) is 63.8 Å². The number of amides is 16. The second-order valence-electron chi connectivity index (χ2n) is 27.7. The van der Waals surface area contributed by atoms with Crippen LogP contribution in [-0.2, 0) is 101 Å². The average Bonchev–Trinajstić information content (AvgIpc) is 0.817. The predicted molar refractivity (Wildman–Crippen MR) is 417 cm³/mol. The van der Waals surface area contributed by atoms with Crippen molar-refractivity contribution in [1.29, 1.82) is 0 Å². The van der Waals surface area contributed by atoms with Gasteiger partial charge in [0.1, 0.15) is 78.3 Å². The summed E-state index contributed by atoms with van der Waals surface area (Å²) in [5.74, 6) is -20.4. The van der Waals surface area contributed by atoms with Crippen LogP contribution in [0.25, 0.3) is 10.8 Å². The van der Waals surface area contributed by atoms with Crippen molar-refractivity contribution in [2.24, 2.45) is 34.4 Å². The Kier molecular flexibility index (Phi) is 37.9. The molecule has 12 atom stereocenters. The summed E-state index contributed by atoms with van der Waals surface area (Å²) >= 11 is 0.881. The van der Waals surface area contributed by atoms with Gasteiger partial charge in [-0.25, -0.2) is 4.79 Å². The third-order valence-corrected chi connectivity index (χ3v) is 19.3. The highest BCUT2D eigenvalue weighted by Gasteiger charge is 2.42. The number of aliphatic hydroxyl groups is 1. The highest BCUT2D eigenvalue weighted by Crippen LogP contribution is 2.22.